The highest BCUT2D eigenvalue weighted by atomic mass is 19.2. The first-order chi connectivity index (χ1) is 8.00. The van der Waals surface area contributed by atoms with Gasteiger partial charge in [-0.2, -0.15) is 0 Å². The van der Waals surface area contributed by atoms with E-state index >= 15 is 0 Å². The molecular formula is C14H19F2N. The molecule has 0 aromatic heterocycles. The fraction of sp³-hybridized carbons (Fsp3) is 0.429. The Morgan fingerprint density at radius 2 is 2.00 bits per heavy atom. The lowest BCUT2D eigenvalue weighted by molar-refractivity contribution is 0.508. The molecule has 1 aromatic rings. The minimum atomic E-state index is -0.803. The quantitative estimate of drug-likeness (QED) is 0.771. The van der Waals surface area contributed by atoms with Crippen molar-refractivity contribution in [2.24, 2.45) is 0 Å². The summed E-state index contributed by atoms with van der Waals surface area (Å²) < 4.78 is 25.8. The van der Waals surface area contributed by atoms with Crippen LogP contribution in [0.5, 0.6) is 0 Å². The summed E-state index contributed by atoms with van der Waals surface area (Å²) in [6.45, 7) is 6.97. The molecule has 0 saturated carbocycles. The first kappa shape index (κ1) is 13.8. The van der Waals surface area contributed by atoms with E-state index < -0.39 is 11.6 Å². The molecule has 0 saturated heterocycles. The van der Waals surface area contributed by atoms with Gasteiger partial charge in [0.05, 0.1) is 0 Å². The zero-order chi connectivity index (χ0) is 12.8. The van der Waals surface area contributed by atoms with Gasteiger partial charge in [-0.1, -0.05) is 26.0 Å². The van der Waals surface area contributed by atoms with Crippen molar-refractivity contribution in [1.29, 1.82) is 0 Å². The molecule has 0 fully saturated rings. The number of benzene rings is 1. The molecule has 1 N–H and O–H groups in total. The van der Waals surface area contributed by atoms with E-state index in [2.05, 4.69) is 19.2 Å². The Labute approximate surface area is 102 Å². The molecule has 0 amide bonds. The van der Waals surface area contributed by atoms with Crippen molar-refractivity contribution in [2.75, 3.05) is 6.54 Å². The van der Waals surface area contributed by atoms with Crippen molar-refractivity contribution < 1.29 is 8.78 Å². The second-order valence-corrected chi connectivity index (χ2v) is 4.41. The standard InChI is InChI=1S/C14H19F2N/c1-10(2)17-8-4-5-11(3)12-6-7-13(15)14(16)9-12/h5-7,9-10,17H,4,8H2,1-3H3. The maximum atomic E-state index is 13.0. The zero-order valence-corrected chi connectivity index (χ0v) is 10.6. The third-order valence-electron chi connectivity index (χ3n) is 2.52. The number of hydrogen-bond acceptors (Lipinski definition) is 1. The molecule has 3 heteroatoms. The van der Waals surface area contributed by atoms with E-state index in [1.54, 1.807) is 6.07 Å². The molecule has 1 rings (SSSR count). The molecule has 0 aliphatic heterocycles. The fourth-order valence-electron chi connectivity index (χ4n) is 1.52. The maximum Gasteiger partial charge on any atom is 0.159 e. The SMILES string of the molecule is CC(=CCCNC(C)C)c1ccc(F)c(F)c1. The number of hydrogen-bond donors (Lipinski definition) is 1. The summed E-state index contributed by atoms with van der Waals surface area (Å²) in [5.74, 6) is -1.60. The minimum absolute atomic E-state index is 0.465. The van der Waals surface area contributed by atoms with Crippen LogP contribution in [0.4, 0.5) is 8.78 Å². The van der Waals surface area contributed by atoms with Crippen LogP contribution in [0.25, 0.3) is 5.57 Å². The van der Waals surface area contributed by atoms with Gasteiger partial charge in [0.15, 0.2) is 11.6 Å². The molecule has 0 atom stereocenters. The van der Waals surface area contributed by atoms with Crippen molar-refractivity contribution in [2.45, 2.75) is 33.2 Å². The second-order valence-electron chi connectivity index (χ2n) is 4.41. The number of halogens is 2. The Morgan fingerprint density at radius 1 is 1.29 bits per heavy atom. The Balaban J connectivity index is 2.59. The maximum absolute atomic E-state index is 13.0. The van der Waals surface area contributed by atoms with Crippen LogP contribution in [0, 0.1) is 11.6 Å². The van der Waals surface area contributed by atoms with Crippen molar-refractivity contribution >= 4 is 5.57 Å². The van der Waals surface area contributed by atoms with Crippen molar-refractivity contribution in [3.8, 4) is 0 Å². The van der Waals surface area contributed by atoms with Crippen LogP contribution in [0.1, 0.15) is 32.8 Å². The van der Waals surface area contributed by atoms with E-state index in [0.29, 0.717) is 6.04 Å². The van der Waals surface area contributed by atoms with Crippen LogP contribution in [0.3, 0.4) is 0 Å². The van der Waals surface area contributed by atoms with Crippen LogP contribution in [0.15, 0.2) is 24.3 Å². The third kappa shape index (κ3) is 4.65. The number of nitrogens with one attached hydrogen (secondary N) is 1. The smallest absolute Gasteiger partial charge is 0.159 e. The Kier molecular flexibility index (Phi) is 5.29. The average molecular weight is 239 g/mol. The fourth-order valence-corrected chi connectivity index (χ4v) is 1.52. The highest BCUT2D eigenvalue weighted by Gasteiger charge is 2.03. The second kappa shape index (κ2) is 6.50. The van der Waals surface area contributed by atoms with Gasteiger partial charge >= 0.3 is 0 Å². The first-order valence-corrected chi connectivity index (χ1v) is 5.86. The molecule has 17 heavy (non-hydrogen) atoms. The summed E-state index contributed by atoms with van der Waals surface area (Å²) in [6.07, 6.45) is 2.91. The Bertz CT molecular complexity index is 397. The van der Waals surface area contributed by atoms with Gasteiger partial charge in [-0.15, -0.1) is 0 Å². The first-order valence-electron chi connectivity index (χ1n) is 5.86. The number of rotatable bonds is 5. The zero-order valence-electron chi connectivity index (χ0n) is 10.6. The lowest BCUT2D eigenvalue weighted by atomic mass is 10.1. The van der Waals surface area contributed by atoms with Gasteiger partial charge in [0.25, 0.3) is 0 Å². The molecule has 0 spiro atoms. The van der Waals surface area contributed by atoms with Crippen molar-refractivity contribution in [1.82, 2.24) is 5.32 Å². The molecule has 0 bridgehead atoms. The summed E-state index contributed by atoms with van der Waals surface area (Å²) in [5.41, 5.74) is 1.70. The highest BCUT2D eigenvalue weighted by Crippen LogP contribution is 2.17. The van der Waals surface area contributed by atoms with Crippen LogP contribution >= 0.6 is 0 Å². The van der Waals surface area contributed by atoms with Gasteiger partial charge in [0.2, 0.25) is 0 Å². The van der Waals surface area contributed by atoms with E-state index in [-0.39, 0.29) is 0 Å². The van der Waals surface area contributed by atoms with E-state index in [0.717, 1.165) is 30.2 Å². The predicted molar refractivity (Wildman–Crippen MR) is 67.8 cm³/mol. The molecule has 94 valence electrons. The summed E-state index contributed by atoms with van der Waals surface area (Å²) in [7, 11) is 0. The lowest BCUT2D eigenvalue weighted by Crippen LogP contribution is -2.23. The molecule has 1 nitrogen and oxygen atoms in total. The van der Waals surface area contributed by atoms with E-state index in [4.69, 9.17) is 0 Å². The highest BCUT2D eigenvalue weighted by molar-refractivity contribution is 5.63. The monoisotopic (exact) mass is 239 g/mol. The van der Waals surface area contributed by atoms with Crippen molar-refractivity contribution in [3.63, 3.8) is 0 Å². The van der Waals surface area contributed by atoms with Crippen LogP contribution < -0.4 is 5.32 Å². The van der Waals surface area contributed by atoms with Gasteiger partial charge in [0, 0.05) is 6.04 Å². The minimum Gasteiger partial charge on any atom is -0.314 e. The van der Waals surface area contributed by atoms with Gasteiger partial charge in [-0.05, 0) is 43.2 Å². The molecule has 0 radical (unpaired) electrons. The van der Waals surface area contributed by atoms with Crippen LogP contribution in [0.2, 0.25) is 0 Å². The molecule has 0 aliphatic carbocycles. The normalized spacial score (nSPS) is 12.2. The summed E-state index contributed by atoms with van der Waals surface area (Å²) in [4.78, 5) is 0. The Morgan fingerprint density at radius 3 is 2.59 bits per heavy atom. The molecular weight excluding hydrogens is 220 g/mol. The molecule has 0 unspecified atom stereocenters. The average Bonchev–Trinajstić information content (AvgIpc) is 2.27. The molecule has 1 aromatic carbocycles. The van der Waals surface area contributed by atoms with Gasteiger partial charge in [-0.25, -0.2) is 8.78 Å². The van der Waals surface area contributed by atoms with Gasteiger partial charge in [0.1, 0.15) is 0 Å². The summed E-state index contributed by atoms with van der Waals surface area (Å²) in [5, 5.41) is 3.29. The van der Waals surface area contributed by atoms with Crippen LogP contribution in [-0.2, 0) is 0 Å². The summed E-state index contributed by atoms with van der Waals surface area (Å²) in [6, 6.07) is 4.46. The van der Waals surface area contributed by atoms with E-state index in [1.807, 2.05) is 13.0 Å². The van der Waals surface area contributed by atoms with E-state index in [9.17, 15) is 8.78 Å². The molecule has 0 aliphatic rings. The molecule has 0 heterocycles. The van der Waals surface area contributed by atoms with Gasteiger partial charge in [-0.3, -0.25) is 0 Å². The third-order valence-corrected chi connectivity index (χ3v) is 2.52. The topological polar surface area (TPSA) is 12.0 Å². The Hall–Kier alpha value is -1.22. The predicted octanol–water partition coefficient (Wildman–Crippen LogP) is 3.76. The summed E-state index contributed by atoms with van der Waals surface area (Å²) >= 11 is 0. The largest absolute Gasteiger partial charge is 0.314 e. The van der Waals surface area contributed by atoms with Gasteiger partial charge < -0.3 is 5.32 Å². The lowest BCUT2D eigenvalue weighted by Gasteiger charge is -2.06. The van der Waals surface area contributed by atoms with Crippen LogP contribution in [-0.4, -0.2) is 12.6 Å². The number of allylic oxidation sites excluding steroid dienone is 1. The van der Waals surface area contributed by atoms with Crippen molar-refractivity contribution in [3.05, 3.63) is 41.5 Å². The van der Waals surface area contributed by atoms with E-state index in [1.165, 1.54) is 6.07 Å².